The summed E-state index contributed by atoms with van der Waals surface area (Å²) in [5.74, 6) is 0.297. The fourth-order valence-electron chi connectivity index (χ4n) is 2.44. The lowest BCUT2D eigenvalue weighted by Gasteiger charge is -2.47. The van der Waals surface area contributed by atoms with E-state index in [4.69, 9.17) is 16.6 Å². The minimum absolute atomic E-state index is 0.211. The molecule has 0 aromatic carbocycles. The van der Waals surface area contributed by atoms with Crippen molar-refractivity contribution in [2.75, 3.05) is 13.1 Å². The smallest absolute Gasteiger partial charge is 0.261 e. The van der Waals surface area contributed by atoms with E-state index in [0.717, 1.165) is 0 Å². The highest BCUT2D eigenvalue weighted by Gasteiger charge is 2.46. The Bertz CT molecular complexity index is 702. The van der Waals surface area contributed by atoms with Gasteiger partial charge < -0.3 is 14.4 Å². The summed E-state index contributed by atoms with van der Waals surface area (Å²) >= 11 is 5.35. The molecule has 1 N–H and O–H groups in total. The van der Waals surface area contributed by atoms with Crippen LogP contribution in [0.2, 0.25) is 0 Å². The number of carbonyl (C=O) groups is 1. The summed E-state index contributed by atoms with van der Waals surface area (Å²) in [5.41, 5.74) is -1.32. The summed E-state index contributed by atoms with van der Waals surface area (Å²) in [6, 6.07) is 3.56. The number of furan rings is 1. The Balaban J connectivity index is 2.41. The maximum absolute atomic E-state index is 12.7. The molecule has 2 rings (SSSR count). The van der Waals surface area contributed by atoms with E-state index in [1.165, 1.54) is 4.90 Å². The molecule has 0 aliphatic carbocycles. The Hall–Kier alpha value is -2.44. The zero-order valence-corrected chi connectivity index (χ0v) is 14.3. The van der Waals surface area contributed by atoms with Crippen molar-refractivity contribution < 1.29 is 14.3 Å². The van der Waals surface area contributed by atoms with Gasteiger partial charge in [-0.3, -0.25) is 9.69 Å². The first kappa shape index (κ1) is 17.9. The summed E-state index contributed by atoms with van der Waals surface area (Å²) < 4.78 is 5.21. The van der Waals surface area contributed by atoms with E-state index in [-0.39, 0.29) is 23.1 Å². The van der Waals surface area contributed by atoms with Crippen LogP contribution in [-0.2, 0) is 4.79 Å². The average molecular weight is 344 g/mol. The number of aliphatic hydroxyl groups is 1. The van der Waals surface area contributed by atoms with Crippen molar-refractivity contribution >= 4 is 29.3 Å². The van der Waals surface area contributed by atoms with Gasteiger partial charge in [-0.2, -0.15) is 0 Å². The van der Waals surface area contributed by atoms with E-state index in [2.05, 4.69) is 13.2 Å². The second kappa shape index (κ2) is 7.42. The molecule has 0 saturated carbocycles. The van der Waals surface area contributed by atoms with E-state index < -0.39 is 5.72 Å². The lowest BCUT2D eigenvalue weighted by atomic mass is 9.98. The normalized spacial score (nSPS) is 23.3. The van der Waals surface area contributed by atoms with Crippen LogP contribution in [0.4, 0.5) is 0 Å². The third-order valence-corrected chi connectivity index (χ3v) is 4.10. The topological polar surface area (TPSA) is 56.9 Å². The number of amides is 1. The summed E-state index contributed by atoms with van der Waals surface area (Å²) in [7, 11) is 0. The molecule has 1 fully saturated rings. The molecule has 2 heterocycles. The van der Waals surface area contributed by atoms with E-state index in [9.17, 15) is 9.90 Å². The van der Waals surface area contributed by atoms with Crippen LogP contribution < -0.4 is 0 Å². The van der Waals surface area contributed by atoms with E-state index in [1.807, 2.05) is 0 Å². The zero-order valence-electron chi connectivity index (χ0n) is 13.5. The van der Waals surface area contributed by atoms with Gasteiger partial charge in [0.1, 0.15) is 5.76 Å². The fourth-order valence-corrected chi connectivity index (χ4v) is 2.85. The molecular formula is C18H20N2O3S. The molecule has 126 valence electrons. The molecule has 5 nitrogen and oxygen atoms in total. The summed E-state index contributed by atoms with van der Waals surface area (Å²) in [6.07, 6.45) is 9.71. The fraction of sp³-hybridized carbons (Fsp3) is 0.222. The Labute approximate surface area is 146 Å². The largest absolute Gasteiger partial charge is 0.465 e. The Morgan fingerprint density at radius 3 is 2.67 bits per heavy atom. The molecule has 1 saturated heterocycles. The lowest BCUT2D eigenvalue weighted by Crippen LogP contribution is -2.64. The van der Waals surface area contributed by atoms with Crippen LogP contribution in [-0.4, -0.2) is 44.7 Å². The number of allylic oxidation sites excluding steroid dienone is 2. The monoisotopic (exact) mass is 344 g/mol. The SMILES string of the molecule is C=CCN1C(=O)/C(=C/C=C/c2ccco2)C(C)(O)N(CC=C)C1=S. The second-order valence-electron chi connectivity index (χ2n) is 5.36. The number of hydrogen-bond acceptors (Lipinski definition) is 4. The standard InChI is InChI=1S/C18H20N2O3S/c1-4-11-19-16(21)15(10-6-8-14-9-7-13-23-14)18(3,22)20(12-5-2)17(19)24/h4-10,13,22H,1-2,11-12H2,3H3/b8-6+,15-10-. The van der Waals surface area contributed by atoms with Crippen molar-refractivity contribution in [2.24, 2.45) is 0 Å². The first-order chi connectivity index (χ1) is 11.4. The van der Waals surface area contributed by atoms with Crippen LogP contribution in [0, 0.1) is 0 Å². The third kappa shape index (κ3) is 3.39. The van der Waals surface area contributed by atoms with E-state index >= 15 is 0 Å². The van der Waals surface area contributed by atoms with Gasteiger partial charge in [-0.15, -0.1) is 13.2 Å². The highest BCUT2D eigenvalue weighted by atomic mass is 32.1. The molecule has 6 heteroatoms. The molecule has 1 unspecified atom stereocenters. The molecule has 1 atom stereocenters. The highest BCUT2D eigenvalue weighted by molar-refractivity contribution is 7.80. The van der Waals surface area contributed by atoms with Crippen LogP contribution in [0.3, 0.4) is 0 Å². The number of carbonyl (C=O) groups excluding carboxylic acids is 1. The van der Waals surface area contributed by atoms with Crippen LogP contribution >= 0.6 is 12.2 Å². The van der Waals surface area contributed by atoms with E-state index in [1.54, 1.807) is 60.6 Å². The molecule has 1 aliphatic rings. The maximum atomic E-state index is 12.7. The van der Waals surface area contributed by atoms with Crippen molar-refractivity contribution in [3.63, 3.8) is 0 Å². The van der Waals surface area contributed by atoms with Gasteiger partial charge in [0.2, 0.25) is 0 Å². The van der Waals surface area contributed by atoms with Gasteiger partial charge >= 0.3 is 0 Å². The van der Waals surface area contributed by atoms with Gasteiger partial charge in [-0.05, 0) is 43.4 Å². The predicted octanol–water partition coefficient (Wildman–Crippen LogP) is 2.73. The Morgan fingerprint density at radius 2 is 2.08 bits per heavy atom. The minimum atomic E-state index is -1.53. The number of hydrogen-bond donors (Lipinski definition) is 1. The number of nitrogens with zero attached hydrogens (tertiary/aromatic N) is 2. The minimum Gasteiger partial charge on any atom is -0.465 e. The van der Waals surface area contributed by atoms with Crippen molar-refractivity contribution in [2.45, 2.75) is 12.6 Å². The molecule has 0 spiro atoms. The summed E-state index contributed by atoms with van der Waals surface area (Å²) in [4.78, 5) is 15.7. The van der Waals surface area contributed by atoms with Crippen molar-refractivity contribution in [1.29, 1.82) is 0 Å². The number of rotatable bonds is 6. The van der Waals surface area contributed by atoms with Crippen LogP contribution in [0.1, 0.15) is 12.7 Å². The van der Waals surface area contributed by atoms with E-state index in [0.29, 0.717) is 12.3 Å². The van der Waals surface area contributed by atoms with Gasteiger partial charge in [0.25, 0.3) is 5.91 Å². The molecule has 24 heavy (non-hydrogen) atoms. The maximum Gasteiger partial charge on any atom is 0.261 e. The van der Waals surface area contributed by atoms with Gasteiger partial charge in [-0.1, -0.05) is 18.2 Å². The van der Waals surface area contributed by atoms with Gasteiger partial charge in [0.15, 0.2) is 10.8 Å². The molecule has 1 aromatic rings. The summed E-state index contributed by atoms with van der Waals surface area (Å²) in [5, 5.41) is 11.1. The van der Waals surface area contributed by atoms with Crippen molar-refractivity contribution in [1.82, 2.24) is 9.80 Å². The van der Waals surface area contributed by atoms with Gasteiger partial charge in [0, 0.05) is 13.1 Å². The van der Waals surface area contributed by atoms with Gasteiger partial charge in [-0.25, -0.2) is 0 Å². The Kier molecular flexibility index (Phi) is 5.54. The van der Waals surface area contributed by atoms with Crippen LogP contribution in [0.15, 0.2) is 65.8 Å². The highest BCUT2D eigenvalue weighted by Crippen LogP contribution is 2.30. The van der Waals surface area contributed by atoms with Gasteiger partial charge in [0.05, 0.1) is 11.8 Å². The molecule has 0 radical (unpaired) electrons. The predicted molar refractivity (Wildman–Crippen MR) is 97.9 cm³/mol. The number of thiocarbonyl (C=S) groups is 1. The zero-order chi connectivity index (χ0) is 17.7. The summed E-state index contributed by atoms with van der Waals surface area (Å²) in [6.45, 7) is 9.45. The second-order valence-corrected chi connectivity index (χ2v) is 5.73. The molecule has 0 bridgehead atoms. The van der Waals surface area contributed by atoms with Crippen LogP contribution in [0.25, 0.3) is 6.08 Å². The first-order valence-electron chi connectivity index (χ1n) is 7.43. The van der Waals surface area contributed by atoms with Crippen molar-refractivity contribution in [3.8, 4) is 0 Å². The average Bonchev–Trinajstić information content (AvgIpc) is 3.05. The lowest BCUT2D eigenvalue weighted by molar-refractivity contribution is -0.132. The van der Waals surface area contributed by atoms with Crippen LogP contribution in [0.5, 0.6) is 0 Å². The third-order valence-electron chi connectivity index (χ3n) is 3.66. The molecule has 1 amide bonds. The quantitative estimate of drug-likeness (QED) is 0.488. The molecular weight excluding hydrogens is 324 g/mol. The molecule has 1 aliphatic heterocycles. The first-order valence-corrected chi connectivity index (χ1v) is 7.84. The Morgan fingerprint density at radius 1 is 1.38 bits per heavy atom. The van der Waals surface area contributed by atoms with Crippen molar-refractivity contribution in [3.05, 3.63) is 67.2 Å². The molecule has 1 aromatic heterocycles.